The molecule has 6 rings (SSSR count). The first-order chi connectivity index (χ1) is 17.2. The molecule has 0 bridgehead atoms. The summed E-state index contributed by atoms with van der Waals surface area (Å²) in [4.78, 5) is 26.3. The zero-order valence-corrected chi connectivity index (χ0v) is 20.8. The van der Waals surface area contributed by atoms with Gasteiger partial charge in [0.2, 0.25) is 11.1 Å². The van der Waals surface area contributed by atoms with Crippen molar-refractivity contribution in [3.05, 3.63) is 72.8 Å². The van der Waals surface area contributed by atoms with E-state index in [1.807, 2.05) is 65.6 Å². The van der Waals surface area contributed by atoms with Crippen molar-refractivity contribution in [2.24, 2.45) is 0 Å². The molecule has 1 N–H and O–H groups in total. The molecule has 3 aromatic carbocycles. The minimum atomic E-state index is -0.331. The van der Waals surface area contributed by atoms with E-state index >= 15 is 0 Å². The fourth-order valence-corrected chi connectivity index (χ4v) is 6.43. The highest BCUT2D eigenvalue weighted by molar-refractivity contribution is 8.00. The minimum Gasteiger partial charge on any atom is -0.338 e. The molecule has 0 radical (unpaired) electrons. The van der Waals surface area contributed by atoms with Crippen LogP contribution in [-0.4, -0.2) is 31.3 Å². The second-order valence-electron chi connectivity index (χ2n) is 8.42. The Morgan fingerprint density at radius 3 is 2.40 bits per heavy atom. The van der Waals surface area contributed by atoms with Gasteiger partial charge in [-0.25, -0.2) is 4.98 Å². The number of rotatable bonds is 6. The fraction of sp³-hybridized carbons (Fsp3) is 0.185. The van der Waals surface area contributed by atoms with E-state index in [0.717, 1.165) is 56.8 Å². The average molecular weight is 498 g/mol. The van der Waals surface area contributed by atoms with Crippen molar-refractivity contribution in [3.8, 4) is 0 Å². The quantitative estimate of drug-likeness (QED) is 0.255. The molecule has 174 valence electrons. The maximum Gasteiger partial charge on any atom is 0.245 e. The number of thioether (sulfide) groups is 1. The van der Waals surface area contributed by atoms with Crippen LogP contribution in [0, 0.1) is 0 Å². The predicted molar refractivity (Wildman–Crippen MR) is 143 cm³/mol. The molecule has 0 spiro atoms. The largest absolute Gasteiger partial charge is 0.338 e. The second kappa shape index (κ2) is 9.36. The maximum absolute atomic E-state index is 14.2. The van der Waals surface area contributed by atoms with E-state index < -0.39 is 0 Å². The van der Waals surface area contributed by atoms with Crippen molar-refractivity contribution in [3.63, 3.8) is 0 Å². The second-order valence-corrected chi connectivity index (χ2v) is 10.7. The number of unbranched alkanes of at least 4 members (excludes halogenated alkanes) is 1. The number of nitrogens with one attached hydrogen (secondary N) is 1. The number of fused-ring (bicyclic) bond motifs is 5. The molecule has 6 nitrogen and oxygen atoms in total. The number of carbonyl (C=O) groups is 1. The van der Waals surface area contributed by atoms with E-state index in [9.17, 15) is 4.79 Å². The van der Waals surface area contributed by atoms with Gasteiger partial charge in [-0.15, -0.1) is 10.2 Å². The van der Waals surface area contributed by atoms with Crippen molar-refractivity contribution in [1.29, 1.82) is 0 Å². The van der Waals surface area contributed by atoms with Crippen molar-refractivity contribution in [1.82, 2.24) is 20.2 Å². The standard InChI is InChI=1S/C27H23N5OS2/c1-2-3-14-23(35-27-29-25-24(30-31-27)17-10-4-5-11-18(17)28-25)26(33)32-19-12-6-8-15-21(19)34-22-16-9-7-13-20(22)32/h4-13,15-16,23H,2-3,14H2,1H3,(H,28,29,31). The van der Waals surface area contributed by atoms with Crippen molar-refractivity contribution < 1.29 is 4.79 Å². The normalized spacial score (nSPS) is 13.6. The van der Waals surface area contributed by atoms with E-state index in [1.54, 1.807) is 11.8 Å². The van der Waals surface area contributed by atoms with Crippen LogP contribution in [0.5, 0.6) is 0 Å². The van der Waals surface area contributed by atoms with Crippen LogP contribution in [0.2, 0.25) is 0 Å². The first-order valence-electron chi connectivity index (χ1n) is 11.7. The number of benzene rings is 3. The van der Waals surface area contributed by atoms with Crippen LogP contribution in [0.3, 0.4) is 0 Å². The van der Waals surface area contributed by atoms with Crippen LogP contribution >= 0.6 is 23.5 Å². The van der Waals surface area contributed by atoms with Gasteiger partial charge in [0.25, 0.3) is 0 Å². The SMILES string of the molecule is CCCCC(Sc1nnc2c(n1)[nH]c1ccccc12)C(=O)N1c2ccccc2Sc2ccccc21. The third-order valence-corrected chi connectivity index (χ3v) is 8.33. The molecule has 5 aromatic rings. The van der Waals surface area contributed by atoms with Gasteiger partial charge in [-0.2, -0.15) is 0 Å². The molecular formula is C27H23N5OS2. The molecule has 2 aromatic heterocycles. The molecule has 1 aliphatic rings. The van der Waals surface area contributed by atoms with Crippen LogP contribution in [0.25, 0.3) is 22.1 Å². The number of H-pyrrole nitrogens is 1. The molecule has 0 aliphatic carbocycles. The monoisotopic (exact) mass is 497 g/mol. The molecule has 1 aliphatic heterocycles. The highest BCUT2D eigenvalue weighted by Crippen LogP contribution is 2.48. The fourth-order valence-electron chi connectivity index (χ4n) is 4.39. The Morgan fingerprint density at radius 2 is 1.66 bits per heavy atom. The number of anilines is 2. The Hall–Kier alpha value is -3.36. The topological polar surface area (TPSA) is 74.8 Å². The predicted octanol–water partition coefficient (Wildman–Crippen LogP) is 6.99. The first kappa shape index (κ1) is 22.1. The number of aromatic amines is 1. The summed E-state index contributed by atoms with van der Waals surface area (Å²) >= 11 is 3.10. The van der Waals surface area contributed by atoms with E-state index in [-0.39, 0.29) is 11.2 Å². The average Bonchev–Trinajstić information content (AvgIpc) is 3.27. The summed E-state index contributed by atoms with van der Waals surface area (Å²) < 4.78 is 0. The molecule has 35 heavy (non-hydrogen) atoms. The van der Waals surface area contributed by atoms with Gasteiger partial charge in [-0.05, 0) is 36.8 Å². The highest BCUT2D eigenvalue weighted by atomic mass is 32.2. The summed E-state index contributed by atoms with van der Waals surface area (Å²) in [5.74, 6) is 0.0454. The number of aromatic nitrogens is 4. The molecule has 0 saturated heterocycles. The van der Waals surface area contributed by atoms with Gasteiger partial charge in [-0.3, -0.25) is 9.69 Å². The van der Waals surface area contributed by atoms with E-state index in [4.69, 9.17) is 4.98 Å². The van der Waals surface area contributed by atoms with Crippen molar-refractivity contribution >= 4 is 62.9 Å². The van der Waals surface area contributed by atoms with E-state index in [1.165, 1.54) is 11.8 Å². The Bertz CT molecular complexity index is 1500. The van der Waals surface area contributed by atoms with Gasteiger partial charge in [0, 0.05) is 20.7 Å². The molecule has 0 saturated carbocycles. The molecule has 3 heterocycles. The third kappa shape index (κ3) is 4.06. The zero-order chi connectivity index (χ0) is 23.8. The lowest BCUT2D eigenvalue weighted by Crippen LogP contribution is -2.36. The summed E-state index contributed by atoms with van der Waals surface area (Å²) in [6, 6.07) is 24.1. The van der Waals surface area contributed by atoms with E-state index in [2.05, 4.69) is 34.2 Å². The number of hydrogen-bond acceptors (Lipinski definition) is 6. The van der Waals surface area contributed by atoms with Crippen LogP contribution < -0.4 is 4.90 Å². The molecular weight excluding hydrogens is 474 g/mol. The van der Waals surface area contributed by atoms with Gasteiger partial charge in [0.1, 0.15) is 5.52 Å². The first-order valence-corrected chi connectivity index (χ1v) is 13.4. The molecule has 0 fully saturated rings. The summed E-state index contributed by atoms with van der Waals surface area (Å²) in [6.45, 7) is 2.14. The van der Waals surface area contributed by atoms with Crippen molar-refractivity contribution in [2.45, 2.75) is 46.4 Å². The van der Waals surface area contributed by atoms with E-state index in [0.29, 0.717) is 10.8 Å². The summed E-state index contributed by atoms with van der Waals surface area (Å²) in [5.41, 5.74) is 4.26. The Kier molecular flexibility index (Phi) is 5.91. The van der Waals surface area contributed by atoms with Crippen LogP contribution in [0.15, 0.2) is 87.7 Å². The third-order valence-electron chi connectivity index (χ3n) is 6.10. The van der Waals surface area contributed by atoms with Crippen LogP contribution in [-0.2, 0) is 4.79 Å². The lowest BCUT2D eigenvalue weighted by atomic mass is 10.1. The number of carbonyl (C=O) groups excluding carboxylic acids is 1. The number of hydrogen-bond donors (Lipinski definition) is 1. The summed E-state index contributed by atoms with van der Waals surface area (Å²) in [7, 11) is 0. The van der Waals surface area contributed by atoms with Gasteiger partial charge in [-0.1, -0.05) is 85.8 Å². The van der Waals surface area contributed by atoms with Gasteiger partial charge in [0.15, 0.2) is 5.65 Å². The Balaban J connectivity index is 1.37. The number of nitrogens with zero attached hydrogens (tertiary/aromatic N) is 4. The van der Waals surface area contributed by atoms with Crippen LogP contribution in [0.4, 0.5) is 11.4 Å². The molecule has 8 heteroatoms. The summed E-state index contributed by atoms with van der Waals surface area (Å²) in [5, 5.41) is 10.0. The summed E-state index contributed by atoms with van der Waals surface area (Å²) in [6.07, 6.45) is 2.69. The lowest BCUT2D eigenvalue weighted by molar-refractivity contribution is -0.117. The lowest BCUT2D eigenvalue weighted by Gasteiger charge is -2.33. The number of amides is 1. The van der Waals surface area contributed by atoms with Crippen molar-refractivity contribution in [2.75, 3.05) is 4.90 Å². The molecule has 1 atom stereocenters. The number of para-hydroxylation sites is 3. The molecule has 1 amide bonds. The maximum atomic E-state index is 14.2. The van der Waals surface area contributed by atoms with Gasteiger partial charge in [0.05, 0.1) is 16.6 Å². The van der Waals surface area contributed by atoms with Crippen LogP contribution in [0.1, 0.15) is 26.2 Å². The minimum absolute atomic E-state index is 0.0454. The Morgan fingerprint density at radius 1 is 0.971 bits per heavy atom. The Labute approximate surface area is 211 Å². The highest BCUT2D eigenvalue weighted by Gasteiger charge is 2.33. The van der Waals surface area contributed by atoms with Gasteiger partial charge < -0.3 is 4.98 Å². The zero-order valence-electron chi connectivity index (χ0n) is 19.1. The molecule has 1 unspecified atom stereocenters. The smallest absolute Gasteiger partial charge is 0.245 e. The van der Waals surface area contributed by atoms with Gasteiger partial charge >= 0.3 is 0 Å².